The molecule has 112 valence electrons. The first kappa shape index (κ1) is 15.4. The van der Waals surface area contributed by atoms with E-state index < -0.39 is 4.92 Å². The largest absolute Gasteiger partial charge is 0.338 e. The van der Waals surface area contributed by atoms with E-state index in [1.807, 2.05) is 0 Å². The van der Waals surface area contributed by atoms with Crippen LogP contribution in [0.15, 0.2) is 10.5 Å². The summed E-state index contributed by atoms with van der Waals surface area (Å²) < 4.78 is 0.626. The Morgan fingerprint density at radius 1 is 1.38 bits per heavy atom. The second kappa shape index (κ2) is 5.80. The topological polar surface area (TPSA) is 92.5 Å². The Labute approximate surface area is 129 Å². The van der Waals surface area contributed by atoms with Crippen molar-refractivity contribution in [3.05, 3.63) is 31.8 Å². The maximum atomic E-state index is 11.5. The number of carbonyl (C=O) groups is 2. The molecule has 0 saturated heterocycles. The van der Waals surface area contributed by atoms with Gasteiger partial charge >= 0.3 is 0 Å². The van der Waals surface area contributed by atoms with Crippen molar-refractivity contribution in [2.45, 2.75) is 26.8 Å². The molecule has 7 nitrogen and oxygen atoms in total. The number of nitro groups is 1. The maximum absolute atomic E-state index is 11.5. The number of anilines is 1. The Morgan fingerprint density at radius 3 is 2.57 bits per heavy atom. The van der Waals surface area contributed by atoms with E-state index in [0.29, 0.717) is 23.0 Å². The van der Waals surface area contributed by atoms with Gasteiger partial charge in [-0.1, -0.05) is 15.9 Å². The van der Waals surface area contributed by atoms with Gasteiger partial charge in [0.05, 0.1) is 4.92 Å². The van der Waals surface area contributed by atoms with Crippen LogP contribution in [0.4, 0.5) is 11.4 Å². The summed E-state index contributed by atoms with van der Waals surface area (Å²) in [4.78, 5) is 35.2. The fourth-order valence-electron chi connectivity index (χ4n) is 2.42. The second-order valence-electron chi connectivity index (χ2n) is 4.84. The van der Waals surface area contributed by atoms with Crippen LogP contribution in [0, 0.1) is 10.1 Å². The van der Waals surface area contributed by atoms with Gasteiger partial charge in [0.25, 0.3) is 5.69 Å². The van der Waals surface area contributed by atoms with Gasteiger partial charge in [0.1, 0.15) is 5.69 Å². The van der Waals surface area contributed by atoms with Crippen molar-refractivity contribution in [1.82, 2.24) is 4.90 Å². The molecule has 1 aromatic carbocycles. The third-order valence-electron chi connectivity index (χ3n) is 3.40. The molecule has 0 aromatic heterocycles. The molecule has 1 aromatic rings. The number of nitrogens with one attached hydrogen (secondary N) is 1. The van der Waals surface area contributed by atoms with Gasteiger partial charge < -0.3 is 10.2 Å². The highest BCUT2D eigenvalue weighted by Gasteiger charge is 2.29. The summed E-state index contributed by atoms with van der Waals surface area (Å²) in [6.07, 6.45) is 0.583. The molecule has 2 rings (SSSR count). The van der Waals surface area contributed by atoms with Crippen LogP contribution >= 0.6 is 15.9 Å². The maximum Gasteiger partial charge on any atom is 0.294 e. The predicted octanol–water partition coefficient (Wildman–Crippen LogP) is 2.22. The molecule has 0 atom stereocenters. The zero-order chi connectivity index (χ0) is 15.7. The molecule has 1 aliphatic heterocycles. The van der Waals surface area contributed by atoms with Gasteiger partial charge in [-0.3, -0.25) is 19.7 Å². The number of carbonyl (C=O) groups excluding carboxylic acids is 2. The Kier molecular flexibility index (Phi) is 4.26. The summed E-state index contributed by atoms with van der Waals surface area (Å²) in [7, 11) is 0. The van der Waals surface area contributed by atoms with Gasteiger partial charge in [-0.25, -0.2) is 0 Å². The van der Waals surface area contributed by atoms with Crippen molar-refractivity contribution in [1.29, 1.82) is 0 Å². The van der Waals surface area contributed by atoms with Crippen LogP contribution in [0.5, 0.6) is 0 Å². The minimum Gasteiger partial charge on any atom is -0.338 e. The standard InChI is InChI=1S/C13H14BrN3O4/c1-7(18)15-13-10-6-16(8(2)19)4-3-9(10)11(14)5-12(13)17(20)21/h5H,3-4,6H2,1-2H3,(H,15,18). The normalized spacial score (nSPS) is 13.6. The van der Waals surface area contributed by atoms with E-state index in [9.17, 15) is 19.7 Å². The van der Waals surface area contributed by atoms with Gasteiger partial charge in [-0.05, 0) is 12.0 Å². The number of nitro benzene ring substituents is 1. The third-order valence-corrected chi connectivity index (χ3v) is 4.11. The molecular formula is C13H14BrN3O4. The molecule has 0 spiro atoms. The molecule has 2 amide bonds. The lowest BCUT2D eigenvalue weighted by molar-refractivity contribution is -0.384. The van der Waals surface area contributed by atoms with Crippen molar-refractivity contribution < 1.29 is 14.5 Å². The van der Waals surface area contributed by atoms with Crippen molar-refractivity contribution in [3.63, 3.8) is 0 Å². The summed E-state index contributed by atoms with van der Waals surface area (Å²) in [6.45, 7) is 3.55. The zero-order valence-corrected chi connectivity index (χ0v) is 13.2. The van der Waals surface area contributed by atoms with E-state index in [0.717, 1.165) is 5.56 Å². The van der Waals surface area contributed by atoms with Crippen molar-refractivity contribution in [2.75, 3.05) is 11.9 Å². The molecule has 1 heterocycles. The summed E-state index contributed by atoms with van der Waals surface area (Å²) in [6, 6.07) is 1.40. The third kappa shape index (κ3) is 3.05. The molecule has 0 aliphatic carbocycles. The van der Waals surface area contributed by atoms with Crippen LogP contribution in [-0.2, 0) is 22.6 Å². The van der Waals surface area contributed by atoms with Gasteiger partial charge in [-0.15, -0.1) is 0 Å². The quantitative estimate of drug-likeness (QED) is 0.650. The highest BCUT2D eigenvalue weighted by molar-refractivity contribution is 9.10. The lowest BCUT2D eigenvalue weighted by Crippen LogP contribution is -2.35. The highest BCUT2D eigenvalue weighted by Crippen LogP contribution is 2.39. The van der Waals surface area contributed by atoms with Crippen molar-refractivity contribution in [3.8, 4) is 0 Å². The lowest BCUT2D eigenvalue weighted by atomic mass is 9.96. The first-order valence-electron chi connectivity index (χ1n) is 6.33. The Morgan fingerprint density at radius 2 is 2.05 bits per heavy atom. The van der Waals surface area contributed by atoms with Gasteiger partial charge in [0.15, 0.2) is 0 Å². The second-order valence-corrected chi connectivity index (χ2v) is 5.69. The van der Waals surface area contributed by atoms with Crippen LogP contribution in [0.1, 0.15) is 25.0 Å². The monoisotopic (exact) mass is 355 g/mol. The molecular weight excluding hydrogens is 342 g/mol. The number of fused-ring (bicyclic) bond motifs is 1. The molecule has 1 aliphatic rings. The van der Waals surface area contributed by atoms with Crippen molar-refractivity contribution in [2.24, 2.45) is 0 Å². The van der Waals surface area contributed by atoms with E-state index in [2.05, 4.69) is 21.2 Å². The molecule has 0 bridgehead atoms. The number of nitrogens with zero attached hydrogens (tertiary/aromatic N) is 2. The highest BCUT2D eigenvalue weighted by atomic mass is 79.9. The van der Waals surface area contributed by atoms with E-state index in [4.69, 9.17) is 0 Å². The number of halogens is 1. The van der Waals surface area contributed by atoms with E-state index >= 15 is 0 Å². The van der Waals surface area contributed by atoms with Crippen LogP contribution in [0.2, 0.25) is 0 Å². The van der Waals surface area contributed by atoms with Crippen LogP contribution in [0.3, 0.4) is 0 Å². The average Bonchev–Trinajstić information content (AvgIpc) is 2.40. The molecule has 0 saturated carbocycles. The minimum atomic E-state index is -0.539. The van der Waals surface area contributed by atoms with E-state index in [1.165, 1.54) is 19.9 Å². The number of hydrogen-bond donors (Lipinski definition) is 1. The smallest absolute Gasteiger partial charge is 0.294 e. The molecule has 0 radical (unpaired) electrons. The first-order valence-corrected chi connectivity index (χ1v) is 7.12. The number of rotatable bonds is 2. The van der Waals surface area contributed by atoms with Gasteiger partial charge in [0.2, 0.25) is 11.8 Å². The average molecular weight is 356 g/mol. The lowest BCUT2D eigenvalue weighted by Gasteiger charge is -2.30. The van der Waals surface area contributed by atoms with Crippen LogP contribution < -0.4 is 5.32 Å². The van der Waals surface area contributed by atoms with Gasteiger partial charge in [-0.2, -0.15) is 0 Å². The predicted molar refractivity (Wildman–Crippen MR) is 79.9 cm³/mol. The summed E-state index contributed by atoms with van der Waals surface area (Å²) in [5, 5.41) is 13.7. The van der Waals surface area contributed by atoms with Crippen LogP contribution in [-0.4, -0.2) is 28.2 Å². The number of hydrogen-bond acceptors (Lipinski definition) is 4. The van der Waals surface area contributed by atoms with Gasteiger partial charge in [0, 0.05) is 43.0 Å². The van der Waals surface area contributed by atoms with E-state index in [1.54, 1.807) is 4.90 Å². The summed E-state index contributed by atoms with van der Waals surface area (Å²) in [5.74, 6) is -0.486. The fourth-order valence-corrected chi connectivity index (χ4v) is 3.07. The van der Waals surface area contributed by atoms with Crippen LogP contribution in [0.25, 0.3) is 0 Å². The van der Waals surface area contributed by atoms with E-state index in [-0.39, 0.29) is 29.7 Å². The zero-order valence-electron chi connectivity index (χ0n) is 11.6. The molecule has 0 unspecified atom stereocenters. The fraction of sp³-hybridized carbons (Fsp3) is 0.385. The molecule has 0 fully saturated rings. The summed E-state index contributed by atoms with van der Waals surface area (Å²) in [5.41, 5.74) is 1.51. The number of amides is 2. The number of benzene rings is 1. The summed E-state index contributed by atoms with van der Waals surface area (Å²) >= 11 is 3.34. The molecule has 1 N–H and O–H groups in total. The Balaban J connectivity index is 2.62. The first-order chi connectivity index (χ1) is 9.81. The minimum absolute atomic E-state index is 0.1000. The van der Waals surface area contributed by atoms with Crippen molar-refractivity contribution >= 4 is 39.1 Å². The molecule has 8 heteroatoms. The molecule has 21 heavy (non-hydrogen) atoms. The Bertz CT molecular complexity index is 645. The Hall–Kier alpha value is -1.96. The SMILES string of the molecule is CC(=O)Nc1c([N+](=O)[O-])cc(Br)c2c1CN(C(C)=O)CC2.